The van der Waals surface area contributed by atoms with Crippen LogP contribution in [-0.2, 0) is 11.3 Å². The highest BCUT2D eigenvalue weighted by atomic mass is 127. The number of hydrogen-bond acceptors (Lipinski definition) is 3. The molecular weight excluding hydrogens is 355 g/mol. The Morgan fingerprint density at radius 2 is 2.21 bits per heavy atom. The van der Waals surface area contributed by atoms with E-state index < -0.39 is 0 Å². The highest BCUT2D eigenvalue weighted by Crippen LogP contribution is 1.91. The van der Waals surface area contributed by atoms with Gasteiger partial charge in [-0.25, -0.2) is 0 Å². The Balaban J connectivity index is 0.00000324. The molecule has 0 bridgehead atoms. The van der Waals surface area contributed by atoms with Gasteiger partial charge in [0.05, 0.1) is 12.2 Å². The van der Waals surface area contributed by atoms with Crippen molar-refractivity contribution < 1.29 is 4.74 Å². The molecule has 0 aromatic carbocycles. The zero-order chi connectivity index (χ0) is 13.1. The fraction of sp³-hybridized carbons (Fsp3) is 0.538. The minimum atomic E-state index is 0. The molecule has 108 valence electrons. The number of hydrogen-bond donors (Lipinski definition) is 2. The van der Waals surface area contributed by atoms with E-state index in [4.69, 9.17) is 4.74 Å². The van der Waals surface area contributed by atoms with E-state index in [1.165, 1.54) is 0 Å². The Kier molecular flexibility index (Phi) is 11.6. The summed E-state index contributed by atoms with van der Waals surface area (Å²) in [5, 5.41) is 6.44. The lowest BCUT2D eigenvalue weighted by atomic mass is 10.3. The molecule has 2 N–H and O–H groups in total. The van der Waals surface area contributed by atoms with Gasteiger partial charge in [-0.15, -0.1) is 24.0 Å². The van der Waals surface area contributed by atoms with E-state index in [-0.39, 0.29) is 24.0 Å². The quantitative estimate of drug-likeness (QED) is 0.329. The van der Waals surface area contributed by atoms with E-state index in [0.29, 0.717) is 6.54 Å². The maximum Gasteiger partial charge on any atom is 0.191 e. The fourth-order valence-electron chi connectivity index (χ4n) is 1.42. The van der Waals surface area contributed by atoms with Crippen LogP contribution in [0.3, 0.4) is 0 Å². The third kappa shape index (κ3) is 8.77. The molecule has 0 aliphatic heterocycles. The molecular formula is C13H23IN4O. The second kappa shape index (κ2) is 12.2. The predicted molar refractivity (Wildman–Crippen MR) is 89.0 cm³/mol. The van der Waals surface area contributed by atoms with E-state index in [0.717, 1.165) is 37.8 Å². The summed E-state index contributed by atoms with van der Waals surface area (Å²) in [4.78, 5) is 8.39. The SMILES string of the molecule is CCOCCCNC(=NC)NCc1ccccn1.I. The van der Waals surface area contributed by atoms with E-state index in [1.807, 2.05) is 25.1 Å². The van der Waals surface area contributed by atoms with Crippen LogP contribution in [-0.4, -0.2) is 37.7 Å². The van der Waals surface area contributed by atoms with Gasteiger partial charge in [0, 0.05) is 33.0 Å². The highest BCUT2D eigenvalue weighted by molar-refractivity contribution is 14.0. The number of nitrogens with zero attached hydrogens (tertiary/aromatic N) is 2. The van der Waals surface area contributed by atoms with Crippen molar-refractivity contribution in [1.82, 2.24) is 15.6 Å². The molecule has 0 unspecified atom stereocenters. The first-order chi connectivity index (χ1) is 8.86. The second-order valence-electron chi connectivity index (χ2n) is 3.72. The van der Waals surface area contributed by atoms with Crippen LogP contribution in [0, 0.1) is 0 Å². The van der Waals surface area contributed by atoms with Crippen molar-refractivity contribution in [1.29, 1.82) is 0 Å². The first kappa shape index (κ1) is 18.1. The summed E-state index contributed by atoms with van der Waals surface area (Å²) in [7, 11) is 1.76. The number of rotatable bonds is 7. The molecule has 0 atom stereocenters. The molecule has 0 amide bonds. The Bertz CT molecular complexity index is 346. The molecule has 0 radical (unpaired) electrons. The van der Waals surface area contributed by atoms with Gasteiger partial charge in [0.2, 0.25) is 0 Å². The summed E-state index contributed by atoms with van der Waals surface area (Å²) in [6, 6.07) is 5.86. The molecule has 6 heteroatoms. The molecule has 1 heterocycles. The smallest absolute Gasteiger partial charge is 0.191 e. The summed E-state index contributed by atoms with van der Waals surface area (Å²) in [6.07, 6.45) is 2.76. The Labute approximate surface area is 132 Å². The minimum absolute atomic E-state index is 0. The van der Waals surface area contributed by atoms with Crippen LogP contribution in [0.4, 0.5) is 0 Å². The monoisotopic (exact) mass is 378 g/mol. The molecule has 1 aromatic rings. The standard InChI is InChI=1S/C13H22N4O.HI/c1-3-18-10-6-9-16-13(14-2)17-11-12-7-4-5-8-15-12;/h4-5,7-8H,3,6,9-11H2,1-2H3,(H2,14,16,17);1H. The van der Waals surface area contributed by atoms with E-state index >= 15 is 0 Å². The summed E-state index contributed by atoms with van der Waals surface area (Å²) in [5.41, 5.74) is 0.995. The van der Waals surface area contributed by atoms with Gasteiger partial charge in [0.15, 0.2) is 5.96 Å². The molecule has 0 spiro atoms. The van der Waals surface area contributed by atoms with E-state index in [2.05, 4.69) is 20.6 Å². The van der Waals surface area contributed by atoms with Crippen LogP contribution in [0.25, 0.3) is 0 Å². The van der Waals surface area contributed by atoms with Crippen molar-refractivity contribution in [2.24, 2.45) is 4.99 Å². The van der Waals surface area contributed by atoms with Gasteiger partial charge >= 0.3 is 0 Å². The lowest BCUT2D eigenvalue weighted by molar-refractivity contribution is 0.145. The van der Waals surface area contributed by atoms with Crippen LogP contribution in [0.15, 0.2) is 29.4 Å². The molecule has 0 saturated carbocycles. The fourth-order valence-corrected chi connectivity index (χ4v) is 1.42. The minimum Gasteiger partial charge on any atom is -0.382 e. The third-order valence-corrected chi connectivity index (χ3v) is 2.35. The zero-order valence-corrected chi connectivity index (χ0v) is 13.9. The molecule has 0 saturated heterocycles. The molecule has 0 aliphatic carbocycles. The lowest BCUT2D eigenvalue weighted by Gasteiger charge is -2.11. The molecule has 5 nitrogen and oxygen atoms in total. The molecule has 0 aliphatic rings. The number of halogens is 1. The molecule has 1 rings (SSSR count). The lowest BCUT2D eigenvalue weighted by Crippen LogP contribution is -2.37. The second-order valence-corrected chi connectivity index (χ2v) is 3.72. The topological polar surface area (TPSA) is 58.5 Å². The van der Waals surface area contributed by atoms with Crippen LogP contribution in [0.5, 0.6) is 0 Å². The van der Waals surface area contributed by atoms with Crippen molar-refractivity contribution in [2.75, 3.05) is 26.8 Å². The number of aliphatic imine (C=N–C) groups is 1. The number of ether oxygens (including phenoxy) is 1. The van der Waals surface area contributed by atoms with Gasteiger partial charge in [-0.2, -0.15) is 0 Å². The van der Waals surface area contributed by atoms with Crippen molar-refractivity contribution in [3.05, 3.63) is 30.1 Å². The van der Waals surface area contributed by atoms with Crippen LogP contribution in [0.2, 0.25) is 0 Å². The Hall–Kier alpha value is -0.890. The summed E-state index contributed by atoms with van der Waals surface area (Å²) < 4.78 is 5.27. The zero-order valence-electron chi connectivity index (χ0n) is 11.6. The predicted octanol–water partition coefficient (Wildman–Crippen LogP) is 1.79. The summed E-state index contributed by atoms with van der Waals surface area (Å²) in [6.45, 7) is 5.07. The van der Waals surface area contributed by atoms with Gasteiger partial charge in [0.25, 0.3) is 0 Å². The maximum atomic E-state index is 5.27. The van der Waals surface area contributed by atoms with Crippen molar-refractivity contribution in [3.63, 3.8) is 0 Å². The van der Waals surface area contributed by atoms with Crippen LogP contribution in [0.1, 0.15) is 19.0 Å². The summed E-state index contributed by atoms with van der Waals surface area (Å²) in [5.74, 6) is 0.789. The molecule has 19 heavy (non-hydrogen) atoms. The van der Waals surface area contributed by atoms with Crippen molar-refractivity contribution in [2.45, 2.75) is 19.9 Å². The van der Waals surface area contributed by atoms with Crippen LogP contribution < -0.4 is 10.6 Å². The third-order valence-electron chi connectivity index (χ3n) is 2.35. The van der Waals surface area contributed by atoms with Crippen LogP contribution >= 0.6 is 24.0 Å². The van der Waals surface area contributed by atoms with Gasteiger partial charge < -0.3 is 15.4 Å². The van der Waals surface area contributed by atoms with E-state index in [9.17, 15) is 0 Å². The van der Waals surface area contributed by atoms with Crippen molar-refractivity contribution >= 4 is 29.9 Å². The number of pyridine rings is 1. The normalized spacial score (nSPS) is 10.7. The first-order valence-corrected chi connectivity index (χ1v) is 6.29. The highest BCUT2D eigenvalue weighted by Gasteiger charge is 1.97. The molecule has 1 aromatic heterocycles. The van der Waals surface area contributed by atoms with Gasteiger partial charge in [-0.3, -0.25) is 9.98 Å². The molecule has 0 fully saturated rings. The average molecular weight is 378 g/mol. The Morgan fingerprint density at radius 3 is 2.84 bits per heavy atom. The van der Waals surface area contributed by atoms with E-state index in [1.54, 1.807) is 13.2 Å². The van der Waals surface area contributed by atoms with Gasteiger partial charge in [-0.05, 0) is 25.5 Å². The van der Waals surface area contributed by atoms with Gasteiger partial charge in [-0.1, -0.05) is 6.07 Å². The summed E-state index contributed by atoms with van der Waals surface area (Å²) >= 11 is 0. The Morgan fingerprint density at radius 1 is 1.37 bits per heavy atom. The average Bonchev–Trinajstić information content (AvgIpc) is 2.43. The van der Waals surface area contributed by atoms with Crippen molar-refractivity contribution in [3.8, 4) is 0 Å². The number of guanidine groups is 1. The van der Waals surface area contributed by atoms with Gasteiger partial charge in [0.1, 0.15) is 0 Å². The first-order valence-electron chi connectivity index (χ1n) is 6.29. The number of aromatic nitrogens is 1. The maximum absolute atomic E-state index is 5.27. The largest absolute Gasteiger partial charge is 0.382 e. The number of nitrogens with one attached hydrogen (secondary N) is 2.